The van der Waals surface area contributed by atoms with Gasteiger partial charge in [0.15, 0.2) is 0 Å². The summed E-state index contributed by atoms with van der Waals surface area (Å²) in [6.45, 7) is 1.83. The third kappa shape index (κ3) is 4.69. The molecule has 0 radical (unpaired) electrons. The fourth-order valence-corrected chi connectivity index (χ4v) is 4.36. The maximum Gasteiger partial charge on any atom is 0.269 e. The molecule has 5 rings (SSSR count). The van der Waals surface area contributed by atoms with Crippen molar-refractivity contribution in [1.82, 2.24) is 4.57 Å². The highest BCUT2D eigenvalue weighted by Crippen LogP contribution is 2.36. The van der Waals surface area contributed by atoms with Crippen molar-refractivity contribution in [2.24, 2.45) is 4.99 Å². The first-order valence-corrected chi connectivity index (χ1v) is 11.8. The van der Waals surface area contributed by atoms with E-state index in [2.05, 4.69) is 34.9 Å². The number of hydrogen-bond acceptors (Lipinski definition) is 3. The summed E-state index contributed by atoms with van der Waals surface area (Å²) >= 11 is 6.21. The molecule has 176 valence electrons. The van der Waals surface area contributed by atoms with Crippen molar-refractivity contribution >= 4 is 29.2 Å². The molecule has 0 aliphatic carbocycles. The van der Waals surface area contributed by atoms with Crippen LogP contribution < -0.4 is 0 Å². The third-order valence-electron chi connectivity index (χ3n) is 5.97. The van der Waals surface area contributed by atoms with Crippen molar-refractivity contribution in [1.29, 1.82) is 0 Å². The number of nitro groups is 1. The highest BCUT2D eigenvalue weighted by Gasteiger charge is 2.19. The van der Waals surface area contributed by atoms with E-state index in [4.69, 9.17) is 16.6 Å². The highest BCUT2D eigenvalue weighted by atomic mass is 35.5. The van der Waals surface area contributed by atoms with Crippen molar-refractivity contribution in [3.63, 3.8) is 0 Å². The molecule has 5 aromatic rings. The van der Waals surface area contributed by atoms with Crippen LogP contribution in [0.2, 0.25) is 5.02 Å². The molecule has 36 heavy (non-hydrogen) atoms. The standard InChI is InChI=1S/C30H22ClN3O2/c1-21-18-27(34(35)36)16-17-28(21)32-20-24-19-29(22-8-4-2-5-9-22)33(26-14-12-25(31)13-15-26)30(24)23-10-6-3-7-11-23/h2-20H,1H3. The van der Waals surface area contributed by atoms with Gasteiger partial charge in [-0.3, -0.25) is 15.1 Å². The average molecular weight is 492 g/mol. The first-order valence-electron chi connectivity index (χ1n) is 11.4. The molecule has 0 aliphatic heterocycles. The van der Waals surface area contributed by atoms with Crippen LogP contribution in [0.25, 0.3) is 28.2 Å². The second-order valence-corrected chi connectivity index (χ2v) is 8.80. The van der Waals surface area contributed by atoms with Crippen LogP contribution in [-0.2, 0) is 0 Å². The Morgan fingerprint density at radius 1 is 0.833 bits per heavy atom. The lowest BCUT2D eigenvalue weighted by Crippen LogP contribution is -2.00. The largest absolute Gasteiger partial charge is 0.309 e. The van der Waals surface area contributed by atoms with Gasteiger partial charge in [0, 0.05) is 34.6 Å². The van der Waals surface area contributed by atoms with Crippen LogP contribution >= 0.6 is 11.6 Å². The lowest BCUT2D eigenvalue weighted by molar-refractivity contribution is -0.384. The second-order valence-electron chi connectivity index (χ2n) is 8.36. The summed E-state index contributed by atoms with van der Waals surface area (Å²) < 4.78 is 2.21. The summed E-state index contributed by atoms with van der Waals surface area (Å²) in [4.78, 5) is 15.5. The van der Waals surface area contributed by atoms with E-state index in [1.807, 2.05) is 73.8 Å². The minimum atomic E-state index is -0.396. The van der Waals surface area contributed by atoms with Gasteiger partial charge in [-0.1, -0.05) is 72.3 Å². The first kappa shape index (κ1) is 23.3. The van der Waals surface area contributed by atoms with Crippen molar-refractivity contribution < 1.29 is 4.92 Å². The molecular formula is C30H22ClN3O2. The first-order chi connectivity index (χ1) is 17.5. The van der Waals surface area contributed by atoms with Crippen LogP contribution in [-0.4, -0.2) is 15.7 Å². The molecule has 0 spiro atoms. The topological polar surface area (TPSA) is 60.4 Å². The molecule has 0 atom stereocenters. The van der Waals surface area contributed by atoms with Crippen molar-refractivity contribution in [3.8, 4) is 28.2 Å². The molecule has 0 unspecified atom stereocenters. The summed E-state index contributed by atoms with van der Waals surface area (Å²) in [5, 5.41) is 11.8. The van der Waals surface area contributed by atoms with Gasteiger partial charge in [-0.2, -0.15) is 0 Å². The van der Waals surface area contributed by atoms with E-state index in [0.29, 0.717) is 10.7 Å². The Morgan fingerprint density at radius 2 is 1.47 bits per heavy atom. The molecule has 0 saturated carbocycles. The molecule has 0 bridgehead atoms. The number of nitrogens with zero attached hydrogens (tertiary/aromatic N) is 3. The number of hydrogen-bond donors (Lipinski definition) is 0. The van der Waals surface area contributed by atoms with Crippen LogP contribution in [0.5, 0.6) is 0 Å². The smallest absolute Gasteiger partial charge is 0.269 e. The maximum absolute atomic E-state index is 11.1. The zero-order valence-corrected chi connectivity index (χ0v) is 20.3. The van der Waals surface area contributed by atoms with E-state index in [-0.39, 0.29) is 5.69 Å². The number of benzene rings is 4. The zero-order valence-electron chi connectivity index (χ0n) is 19.5. The van der Waals surface area contributed by atoms with Gasteiger partial charge in [0.05, 0.1) is 22.0 Å². The monoisotopic (exact) mass is 491 g/mol. The van der Waals surface area contributed by atoms with E-state index in [1.54, 1.807) is 12.1 Å². The molecule has 1 aromatic heterocycles. The number of rotatable bonds is 6. The second kappa shape index (κ2) is 10.0. The third-order valence-corrected chi connectivity index (χ3v) is 6.22. The number of nitro benzene ring substituents is 1. The van der Waals surface area contributed by atoms with Crippen LogP contribution in [0.15, 0.2) is 114 Å². The molecule has 1 heterocycles. The Balaban J connectivity index is 1.73. The van der Waals surface area contributed by atoms with E-state index in [9.17, 15) is 10.1 Å². The fraction of sp³-hybridized carbons (Fsp3) is 0.0333. The van der Waals surface area contributed by atoms with Gasteiger partial charge in [0.2, 0.25) is 0 Å². The van der Waals surface area contributed by atoms with Gasteiger partial charge in [-0.15, -0.1) is 0 Å². The summed E-state index contributed by atoms with van der Waals surface area (Å²) in [5.41, 5.74) is 7.47. The fourth-order valence-electron chi connectivity index (χ4n) is 4.24. The van der Waals surface area contributed by atoms with E-state index >= 15 is 0 Å². The number of aliphatic imine (C=N–C) groups is 1. The number of aromatic nitrogens is 1. The van der Waals surface area contributed by atoms with Crippen molar-refractivity contribution in [2.45, 2.75) is 6.92 Å². The Hall–Kier alpha value is -4.48. The Bertz CT molecular complexity index is 1560. The van der Waals surface area contributed by atoms with Gasteiger partial charge in [-0.25, -0.2) is 0 Å². The lowest BCUT2D eigenvalue weighted by Gasteiger charge is -2.15. The molecule has 0 aliphatic rings. The average Bonchev–Trinajstić information content (AvgIpc) is 3.29. The molecule has 4 aromatic carbocycles. The zero-order chi connectivity index (χ0) is 25.1. The molecule has 0 saturated heterocycles. The predicted molar refractivity (Wildman–Crippen MR) is 147 cm³/mol. The Labute approximate surface area is 214 Å². The molecule has 6 heteroatoms. The SMILES string of the molecule is Cc1cc([N+](=O)[O-])ccc1N=Cc1cc(-c2ccccc2)n(-c2ccc(Cl)cc2)c1-c1ccccc1. The molecule has 0 fully saturated rings. The van der Waals surface area contributed by atoms with Gasteiger partial charge < -0.3 is 4.57 Å². The quantitative estimate of drug-likeness (QED) is 0.136. The summed E-state index contributed by atoms with van der Waals surface area (Å²) in [7, 11) is 0. The minimum absolute atomic E-state index is 0.0525. The summed E-state index contributed by atoms with van der Waals surface area (Å²) in [6, 6.07) is 35.0. The minimum Gasteiger partial charge on any atom is -0.309 e. The van der Waals surface area contributed by atoms with E-state index in [0.717, 1.165) is 39.3 Å². The van der Waals surface area contributed by atoms with Gasteiger partial charge in [0.25, 0.3) is 5.69 Å². The summed E-state index contributed by atoms with van der Waals surface area (Å²) in [6.07, 6.45) is 1.83. The van der Waals surface area contributed by atoms with Crippen LogP contribution in [0.4, 0.5) is 11.4 Å². The predicted octanol–water partition coefficient (Wildman–Crippen LogP) is 8.43. The summed E-state index contributed by atoms with van der Waals surface area (Å²) in [5.74, 6) is 0. The lowest BCUT2D eigenvalue weighted by atomic mass is 10.1. The number of aryl methyl sites for hydroxylation is 1. The van der Waals surface area contributed by atoms with Crippen LogP contribution in [0.1, 0.15) is 11.1 Å². The Morgan fingerprint density at radius 3 is 2.08 bits per heavy atom. The van der Waals surface area contributed by atoms with Gasteiger partial charge >= 0.3 is 0 Å². The highest BCUT2D eigenvalue weighted by molar-refractivity contribution is 6.30. The van der Waals surface area contributed by atoms with Crippen LogP contribution in [0, 0.1) is 17.0 Å². The van der Waals surface area contributed by atoms with E-state index in [1.165, 1.54) is 6.07 Å². The normalized spacial score (nSPS) is 11.2. The van der Waals surface area contributed by atoms with Crippen molar-refractivity contribution in [3.05, 3.63) is 135 Å². The molecular weight excluding hydrogens is 470 g/mol. The maximum atomic E-state index is 11.1. The van der Waals surface area contributed by atoms with Gasteiger partial charge in [-0.05, 0) is 60.0 Å². The molecule has 0 amide bonds. The Kier molecular flexibility index (Phi) is 6.48. The number of halogens is 1. The van der Waals surface area contributed by atoms with Crippen LogP contribution in [0.3, 0.4) is 0 Å². The van der Waals surface area contributed by atoms with E-state index < -0.39 is 4.92 Å². The van der Waals surface area contributed by atoms with Crippen molar-refractivity contribution in [2.75, 3.05) is 0 Å². The molecule has 0 N–H and O–H groups in total. The molecule has 5 nitrogen and oxygen atoms in total. The number of non-ortho nitro benzene ring substituents is 1. The van der Waals surface area contributed by atoms with Gasteiger partial charge in [0.1, 0.15) is 0 Å².